The third kappa shape index (κ3) is 6.64. The van der Waals surface area contributed by atoms with Gasteiger partial charge in [-0.2, -0.15) is 0 Å². The molecule has 0 saturated carbocycles. The first kappa shape index (κ1) is 16.4. The van der Waals surface area contributed by atoms with Gasteiger partial charge in [0.05, 0.1) is 18.8 Å². The molecule has 0 heterocycles. The van der Waals surface area contributed by atoms with E-state index in [-0.39, 0.29) is 18.4 Å². The minimum atomic E-state index is -0.776. The topological polar surface area (TPSA) is 49.8 Å². The third-order valence-electron chi connectivity index (χ3n) is 2.99. The summed E-state index contributed by atoms with van der Waals surface area (Å²) in [6.45, 7) is 11.6. The Morgan fingerprint density at radius 3 is 2.41 bits per heavy atom. The highest BCUT2D eigenvalue weighted by Gasteiger charge is 2.28. The summed E-state index contributed by atoms with van der Waals surface area (Å²) < 4.78 is 4.93. The Morgan fingerprint density at radius 1 is 1.41 bits per heavy atom. The number of hydrogen-bond acceptors (Lipinski definition) is 4. The first-order valence-corrected chi connectivity index (χ1v) is 6.43. The zero-order valence-electron chi connectivity index (χ0n) is 11.8. The fourth-order valence-corrected chi connectivity index (χ4v) is 1.55. The van der Waals surface area contributed by atoms with Crippen molar-refractivity contribution in [1.29, 1.82) is 0 Å². The standard InChI is InChI=1S/C13H27NO3/c1-6-8-14(9-12(15)17-7-2)10-13(5,16)11(3)4/h11,16H,6-10H2,1-5H3. The molecule has 0 saturated heterocycles. The van der Waals surface area contributed by atoms with Gasteiger partial charge in [-0.3, -0.25) is 9.69 Å². The number of rotatable bonds is 8. The van der Waals surface area contributed by atoms with Crippen LogP contribution in [0, 0.1) is 5.92 Å². The highest BCUT2D eigenvalue weighted by Crippen LogP contribution is 2.17. The van der Waals surface area contributed by atoms with Crippen LogP contribution in [0.15, 0.2) is 0 Å². The Hall–Kier alpha value is -0.610. The van der Waals surface area contributed by atoms with Gasteiger partial charge in [0, 0.05) is 6.54 Å². The van der Waals surface area contributed by atoms with Crippen molar-refractivity contribution in [3.8, 4) is 0 Å². The lowest BCUT2D eigenvalue weighted by molar-refractivity contribution is -0.145. The zero-order chi connectivity index (χ0) is 13.5. The second-order valence-electron chi connectivity index (χ2n) is 5.03. The molecule has 0 fully saturated rings. The van der Waals surface area contributed by atoms with E-state index in [1.807, 2.05) is 25.7 Å². The maximum atomic E-state index is 11.4. The lowest BCUT2D eigenvalue weighted by Crippen LogP contribution is -2.46. The van der Waals surface area contributed by atoms with Crippen molar-refractivity contribution in [2.45, 2.75) is 46.6 Å². The average Bonchev–Trinajstić information content (AvgIpc) is 2.17. The van der Waals surface area contributed by atoms with Crippen LogP contribution in [0.4, 0.5) is 0 Å². The molecular formula is C13H27NO3. The van der Waals surface area contributed by atoms with Crippen molar-refractivity contribution in [3.63, 3.8) is 0 Å². The van der Waals surface area contributed by atoms with Gasteiger partial charge in [0.1, 0.15) is 0 Å². The van der Waals surface area contributed by atoms with Gasteiger partial charge in [-0.15, -0.1) is 0 Å². The van der Waals surface area contributed by atoms with Crippen LogP contribution in [-0.2, 0) is 9.53 Å². The van der Waals surface area contributed by atoms with Crippen LogP contribution < -0.4 is 0 Å². The minimum Gasteiger partial charge on any atom is -0.465 e. The van der Waals surface area contributed by atoms with Crippen LogP contribution in [0.2, 0.25) is 0 Å². The number of nitrogens with zero attached hydrogens (tertiary/aromatic N) is 1. The predicted octanol–water partition coefficient (Wildman–Crippen LogP) is 1.67. The molecule has 0 aliphatic heterocycles. The summed E-state index contributed by atoms with van der Waals surface area (Å²) in [5.41, 5.74) is -0.776. The molecule has 0 aliphatic rings. The first-order valence-electron chi connectivity index (χ1n) is 6.43. The third-order valence-corrected chi connectivity index (χ3v) is 2.99. The van der Waals surface area contributed by atoms with E-state index in [4.69, 9.17) is 4.74 Å². The van der Waals surface area contributed by atoms with Crippen molar-refractivity contribution < 1.29 is 14.6 Å². The molecule has 0 bridgehead atoms. The summed E-state index contributed by atoms with van der Waals surface area (Å²) in [7, 11) is 0. The molecule has 0 spiro atoms. The van der Waals surface area contributed by atoms with Crippen LogP contribution in [0.3, 0.4) is 0 Å². The molecule has 0 aromatic carbocycles. The van der Waals surface area contributed by atoms with Crippen molar-refractivity contribution >= 4 is 5.97 Å². The van der Waals surface area contributed by atoms with Gasteiger partial charge >= 0.3 is 5.97 Å². The van der Waals surface area contributed by atoms with E-state index < -0.39 is 5.60 Å². The van der Waals surface area contributed by atoms with E-state index >= 15 is 0 Å². The summed E-state index contributed by atoms with van der Waals surface area (Å²) in [6, 6.07) is 0. The smallest absolute Gasteiger partial charge is 0.320 e. The molecule has 0 aromatic heterocycles. The van der Waals surface area contributed by atoms with Crippen LogP contribution in [0.1, 0.15) is 41.0 Å². The molecule has 4 nitrogen and oxygen atoms in total. The fourth-order valence-electron chi connectivity index (χ4n) is 1.55. The predicted molar refractivity (Wildman–Crippen MR) is 68.8 cm³/mol. The highest BCUT2D eigenvalue weighted by atomic mass is 16.5. The van der Waals surface area contributed by atoms with Gasteiger partial charge in [0.15, 0.2) is 0 Å². The number of carbonyl (C=O) groups is 1. The lowest BCUT2D eigenvalue weighted by atomic mass is 9.92. The number of carbonyl (C=O) groups excluding carboxylic acids is 1. The first-order chi connectivity index (χ1) is 7.83. The Labute approximate surface area is 105 Å². The molecule has 17 heavy (non-hydrogen) atoms. The maximum absolute atomic E-state index is 11.4. The SMILES string of the molecule is CCCN(CC(=O)OCC)CC(C)(O)C(C)C. The van der Waals surface area contributed by atoms with Crippen molar-refractivity contribution in [2.75, 3.05) is 26.2 Å². The van der Waals surface area contributed by atoms with Crippen LogP contribution in [0.25, 0.3) is 0 Å². The van der Waals surface area contributed by atoms with Crippen LogP contribution in [-0.4, -0.2) is 47.8 Å². The second-order valence-corrected chi connectivity index (χ2v) is 5.03. The Bertz CT molecular complexity index is 227. The van der Waals surface area contributed by atoms with Gasteiger partial charge in [-0.25, -0.2) is 0 Å². The normalized spacial score (nSPS) is 15.1. The van der Waals surface area contributed by atoms with Crippen LogP contribution in [0.5, 0.6) is 0 Å². The minimum absolute atomic E-state index is 0.157. The van der Waals surface area contributed by atoms with Gasteiger partial charge < -0.3 is 9.84 Å². The van der Waals surface area contributed by atoms with E-state index in [0.717, 1.165) is 13.0 Å². The van der Waals surface area contributed by atoms with E-state index in [2.05, 4.69) is 6.92 Å². The quantitative estimate of drug-likeness (QED) is 0.661. The molecule has 0 aliphatic carbocycles. The fraction of sp³-hybridized carbons (Fsp3) is 0.923. The largest absolute Gasteiger partial charge is 0.465 e. The number of ether oxygens (including phenoxy) is 1. The maximum Gasteiger partial charge on any atom is 0.320 e. The van der Waals surface area contributed by atoms with E-state index in [9.17, 15) is 9.90 Å². The Kier molecular flexibility index (Phi) is 7.39. The molecule has 1 N–H and O–H groups in total. The van der Waals surface area contributed by atoms with Crippen LogP contribution >= 0.6 is 0 Å². The van der Waals surface area contributed by atoms with E-state index in [1.54, 1.807) is 6.92 Å². The molecule has 4 heteroatoms. The molecule has 0 rings (SSSR count). The highest BCUT2D eigenvalue weighted by molar-refractivity contribution is 5.71. The monoisotopic (exact) mass is 245 g/mol. The molecule has 1 unspecified atom stereocenters. The molecule has 102 valence electrons. The zero-order valence-corrected chi connectivity index (χ0v) is 11.8. The van der Waals surface area contributed by atoms with E-state index in [0.29, 0.717) is 13.2 Å². The van der Waals surface area contributed by atoms with Gasteiger partial charge in [-0.1, -0.05) is 20.8 Å². The van der Waals surface area contributed by atoms with Gasteiger partial charge in [-0.05, 0) is 32.7 Å². The van der Waals surface area contributed by atoms with Gasteiger partial charge in [0.2, 0.25) is 0 Å². The second kappa shape index (κ2) is 7.67. The summed E-state index contributed by atoms with van der Waals surface area (Å²) >= 11 is 0. The summed E-state index contributed by atoms with van der Waals surface area (Å²) in [4.78, 5) is 13.4. The Morgan fingerprint density at radius 2 is 2.00 bits per heavy atom. The molecule has 0 radical (unpaired) electrons. The van der Waals surface area contributed by atoms with E-state index in [1.165, 1.54) is 0 Å². The summed E-state index contributed by atoms with van der Waals surface area (Å²) in [6.07, 6.45) is 0.952. The molecule has 0 amide bonds. The summed E-state index contributed by atoms with van der Waals surface area (Å²) in [5, 5.41) is 10.2. The summed E-state index contributed by atoms with van der Waals surface area (Å²) in [5.74, 6) is -0.0652. The van der Waals surface area contributed by atoms with Crippen molar-refractivity contribution in [2.24, 2.45) is 5.92 Å². The molecule has 0 aromatic rings. The lowest BCUT2D eigenvalue weighted by Gasteiger charge is -2.33. The Balaban J connectivity index is 4.37. The average molecular weight is 245 g/mol. The molecule has 1 atom stereocenters. The van der Waals surface area contributed by atoms with Gasteiger partial charge in [0.25, 0.3) is 0 Å². The number of aliphatic hydroxyl groups is 1. The number of hydrogen-bond donors (Lipinski definition) is 1. The van der Waals surface area contributed by atoms with Crippen molar-refractivity contribution in [1.82, 2.24) is 4.90 Å². The molecular weight excluding hydrogens is 218 g/mol. The van der Waals surface area contributed by atoms with Crippen molar-refractivity contribution in [3.05, 3.63) is 0 Å². The number of esters is 1.